The summed E-state index contributed by atoms with van der Waals surface area (Å²) in [6, 6.07) is 0. The van der Waals surface area contributed by atoms with E-state index in [2.05, 4.69) is 29.0 Å². The Bertz CT molecular complexity index is 2780. The highest BCUT2D eigenvalue weighted by molar-refractivity contribution is 6.19. The lowest BCUT2D eigenvalue weighted by molar-refractivity contribution is -0.170. The van der Waals surface area contributed by atoms with E-state index in [0.717, 1.165) is 32.5 Å². The second-order valence-corrected chi connectivity index (χ2v) is 22.7. The number of allylic oxidation sites excluding steroid dienone is 2. The third kappa shape index (κ3) is 10.9. The average molecular weight is 1040 g/mol. The number of aliphatic hydroxyl groups is 2. The molecule has 0 radical (unpaired) electrons. The van der Waals surface area contributed by atoms with E-state index < -0.39 is 107 Å². The van der Waals surface area contributed by atoms with E-state index in [4.69, 9.17) is 33.7 Å². The minimum atomic E-state index is -2.02. The second kappa shape index (κ2) is 21.9. The summed E-state index contributed by atoms with van der Waals surface area (Å²) in [7, 11) is 3.50. The van der Waals surface area contributed by atoms with Crippen LogP contribution >= 0.6 is 0 Å². The van der Waals surface area contributed by atoms with Gasteiger partial charge >= 0.3 is 11.8 Å². The molecule has 2 aromatic carbocycles. The number of amides is 2. The molecule has 2 amide bonds. The molecule has 7 heterocycles. The van der Waals surface area contributed by atoms with Crippen molar-refractivity contribution in [2.75, 3.05) is 71.9 Å². The smallest absolute Gasteiger partial charge is 0.315 e. The lowest BCUT2D eigenvalue weighted by Gasteiger charge is -2.46. The topological polar surface area (TPSA) is 242 Å². The number of nitrogens with one attached hydrogen (secondary N) is 1. The summed E-state index contributed by atoms with van der Waals surface area (Å²) in [5.74, 6) is -7.77. The number of ether oxygens (including phenoxy) is 5. The van der Waals surface area contributed by atoms with Gasteiger partial charge in [0.05, 0.1) is 53.1 Å². The number of likely N-dealkylation sites (tertiary alicyclic amines) is 2. The number of piperidine rings is 2. The van der Waals surface area contributed by atoms with E-state index in [1.54, 1.807) is 64.7 Å². The molecule has 7 aliphatic rings. The maximum Gasteiger partial charge on any atom is 0.315 e. The van der Waals surface area contributed by atoms with E-state index in [0.29, 0.717) is 51.5 Å². The number of esters is 1. The number of methoxy groups -OCH3 is 1. The third-order valence-electron chi connectivity index (χ3n) is 16.7. The normalized spacial score (nSPS) is 32.0. The van der Waals surface area contributed by atoms with Crippen LogP contribution in [0, 0.1) is 36.5 Å². The molecule has 0 aliphatic carbocycles. The van der Waals surface area contributed by atoms with Gasteiger partial charge in [-0.15, -0.1) is 0 Å². The summed E-state index contributed by atoms with van der Waals surface area (Å²) in [6.07, 6.45) is 5.35. The molecule has 3 fully saturated rings. The molecule has 0 aromatic heterocycles. The monoisotopic (exact) mass is 1040 g/mol. The molecule has 2 aromatic rings. The number of ketones is 1. The first kappa shape index (κ1) is 55.8. The van der Waals surface area contributed by atoms with E-state index in [9.17, 15) is 39.6 Å². The van der Waals surface area contributed by atoms with Gasteiger partial charge in [0.2, 0.25) is 5.91 Å². The number of carbonyl (C=O) groups is 4. The van der Waals surface area contributed by atoms with Crippen LogP contribution in [0.2, 0.25) is 0 Å². The molecule has 7 aliphatic heterocycles. The first-order valence-electron chi connectivity index (χ1n) is 26.6. The number of morpholine rings is 1. The second-order valence-electron chi connectivity index (χ2n) is 22.7. The molecule has 5 N–H and O–H groups in total. The van der Waals surface area contributed by atoms with Crippen LogP contribution in [-0.4, -0.2) is 167 Å². The highest BCUT2D eigenvalue weighted by Crippen LogP contribution is 2.50. The summed E-state index contributed by atoms with van der Waals surface area (Å²) in [5.41, 5.74) is -1.17. The van der Waals surface area contributed by atoms with E-state index in [1.165, 1.54) is 26.4 Å². The number of Topliss-reactive ketones (excluding diaryl/α,β-unsaturated/α-hetero) is 1. The van der Waals surface area contributed by atoms with Crippen LogP contribution < -0.4 is 20.8 Å². The molecule has 2 spiro atoms. The van der Waals surface area contributed by atoms with Crippen LogP contribution in [0.1, 0.15) is 103 Å². The Morgan fingerprint density at radius 2 is 1.57 bits per heavy atom. The fraction of sp³-hybridized carbons (Fsp3) is 0.643. The minimum Gasteiger partial charge on any atom is -0.507 e. The number of phenols is 2. The fourth-order valence-electron chi connectivity index (χ4n) is 11.8. The van der Waals surface area contributed by atoms with Crippen molar-refractivity contribution in [1.29, 1.82) is 0 Å². The van der Waals surface area contributed by atoms with Crippen molar-refractivity contribution in [3.05, 3.63) is 58.0 Å². The largest absolute Gasteiger partial charge is 0.507 e. The molecule has 19 heteroatoms. The van der Waals surface area contributed by atoms with Gasteiger partial charge in [0.1, 0.15) is 35.1 Å². The van der Waals surface area contributed by atoms with Gasteiger partial charge in [0.25, 0.3) is 11.7 Å². The highest BCUT2D eigenvalue weighted by atomic mass is 16.7. The predicted molar refractivity (Wildman–Crippen MR) is 279 cm³/mol. The summed E-state index contributed by atoms with van der Waals surface area (Å²) in [5, 5.41) is 51.2. The number of aliphatic hydroxyl groups excluding tert-OH is 2. The molecular formula is C56H78N6O13. The molecule has 75 heavy (non-hydrogen) atoms. The Kier molecular flexibility index (Phi) is 16.3. The summed E-state index contributed by atoms with van der Waals surface area (Å²) >= 11 is 0. The number of hydrogen-bond acceptors (Lipinski definition) is 17. The van der Waals surface area contributed by atoms with Crippen LogP contribution in [0.15, 0.2) is 46.1 Å². The lowest BCUT2D eigenvalue weighted by Crippen LogP contribution is -2.57. The van der Waals surface area contributed by atoms with Crippen molar-refractivity contribution < 1.29 is 63.3 Å². The summed E-state index contributed by atoms with van der Waals surface area (Å²) in [4.78, 5) is 73.4. The number of nitrogens with zero attached hydrogens (tertiary/aromatic N) is 5. The van der Waals surface area contributed by atoms with Crippen molar-refractivity contribution in [2.24, 2.45) is 39.6 Å². The molecule has 19 nitrogen and oxygen atoms in total. The Labute approximate surface area is 439 Å². The first-order valence-corrected chi connectivity index (χ1v) is 26.6. The number of fused-ring (bicyclic) bond motifs is 13. The van der Waals surface area contributed by atoms with Crippen molar-refractivity contribution in [1.82, 2.24) is 14.7 Å². The molecule has 0 saturated carbocycles. The molecule has 410 valence electrons. The molecule has 0 unspecified atom stereocenters. The SMILES string of the molecule is CO[C@H]1/C=C/O[C@@]2(C)Oc3c(C)c(O)c4c(O)c(c5c(c4c3C2=O)=NC2(CCN(CC(C)C)CC2)N=5)NC(=O)/C(C)=C\C=C\[C@H](C)[C@H](O)[C@@H](C)[C@@H](O)[C@@H](C)[C@H](OC(=O)CC(=O)N2CCOC3(CCN(C)CC3)C2)[C@@H]1C. The van der Waals surface area contributed by atoms with Crippen molar-refractivity contribution in [3.63, 3.8) is 0 Å². The molecule has 9 rings (SSSR count). The number of benzene rings is 2. The van der Waals surface area contributed by atoms with Crippen LogP contribution in [0.3, 0.4) is 0 Å². The lowest BCUT2D eigenvalue weighted by atomic mass is 9.78. The van der Waals surface area contributed by atoms with Crippen molar-refractivity contribution in [2.45, 2.75) is 136 Å². The number of hydrogen-bond donors (Lipinski definition) is 5. The van der Waals surface area contributed by atoms with Gasteiger partial charge in [0, 0.05) is 113 Å². The zero-order valence-electron chi connectivity index (χ0n) is 45.5. The van der Waals surface area contributed by atoms with Crippen LogP contribution in [0.25, 0.3) is 10.8 Å². The van der Waals surface area contributed by atoms with Gasteiger partial charge in [-0.05, 0) is 45.7 Å². The standard InChI is InChI=1S/C56H78N6O13/c1-30(2)28-61-22-18-56(19-23-61)58-43-40-41-48(67)36(8)51-42(40)52(69)54(9,75-51)72-25-15-37(71-11)33(5)50(74-39(64)27-38(63)62-24-26-73-55(29-62)16-20-60(10)21-17-55)35(7)47(66)34(6)46(65)31(3)13-12-14-32(4)53(70)57-45(49(41)68)44(43)59-56/h12-15,25,30-31,33-35,37,46-47,50,65-68H,16-24,26-29H2,1-11H3,(H,57,70)/b13-12+,25-15+,32-14-/t31-,33+,34+,35+,37-,46-,47+,50+,54-/m0/s1. The molecule has 9 atom stereocenters. The molecular weight excluding hydrogens is 965 g/mol. The number of phenolic OH excluding ortho intramolecular Hbond substituents is 2. The van der Waals surface area contributed by atoms with E-state index >= 15 is 0 Å². The minimum absolute atomic E-state index is 0.00885. The summed E-state index contributed by atoms with van der Waals surface area (Å²) in [6.45, 7) is 20.8. The van der Waals surface area contributed by atoms with Gasteiger partial charge in [0.15, 0.2) is 11.4 Å². The van der Waals surface area contributed by atoms with Gasteiger partial charge < -0.3 is 64.1 Å². The van der Waals surface area contributed by atoms with Crippen LogP contribution in [0.5, 0.6) is 17.2 Å². The predicted octanol–water partition coefficient (Wildman–Crippen LogP) is 4.44. The maximum atomic E-state index is 15.0. The van der Waals surface area contributed by atoms with Gasteiger partial charge in [-0.3, -0.25) is 29.2 Å². The molecule has 3 saturated heterocycles. The van der Waals surface area contributed by atoms with Crippen LogP contribution in [0.4, 0.5) is 5.69 Å². The van der Waals surface area contributed by atoms with Crippen LogP contribution in [-0.2, 0) is 33.3 Å². The van der Waals surface area contributed by atoms with Gasteiger partial charge in [-0.2, -0.15) is 0 Å². The third-order valence-corrected chi connectivity index (χ3v) is 16.7. The average Bonchev–Trinajstić information content (AvgIpc) is 3.88. The summed E-state index contributed by atoms with van der Waals surface area (Å²) < 4.78 is 31.0. The Balaban J connectivity index is 1.16. The number of aromatic hydroxyl groups is 2. The zero-order valence-corrected chi connectivity index (χ0v) is 45.5. The van der Waals surface area contributed by atoms with Crippen molar-refractivity contribution >= 4 is 40.0 Å². The maximum absolute atomic E-state index is 15.0. The Morgan fingerprint density at radius 1 is 0.893 bits per heavy atom. The number of rotatable bonds is 6. The quantitative estimate of drug-likeness (QED) is 0.153. The van der Waals surface area contributed by atoms with Gasteiger partial charge in [-0.1, -0.05) is 59.8 Å². The Hall–Kier alpha value is -5.44. The molecule has 5 bridgehead atoms. The van der Waals surface area contributed by atoms with Crippen molar-refractivity contribution in [3.8, 4) is 17.2 Å². The Morgan fingerprint density at radius 3 is 2.24 bits per heavy atom. The fourth-order valence-corrected chi connectivity index (χ4v) is 11.8. The highest BCUT2D eigenvalue weighted by Gasteiger charge is 2.51. The van der Waals surface area contributed by atoms with Gasteiger partial charge in [-0.25, -0.2) is 0 Å². The number of anilines is 1. The first-order chi connectivity index (χ1) is 35.4. The van der Waals surface area contributed by atoms with E-state index in [1.807, 2.05) is 7.05 Å². The van der Waals surface area contributed by atoms with E-state index in [-0.39, 0.29) is 49.6 Å². The number of carbonyl (C=O) groups excluding carboxylic acids is 4. The zero-order chi connectivity index (χ0) is 54.5.